The summed E-state index contributed by atoms with van der Waals surface area (Å²) in [5, 5.41) is 11.7. The molecule has 0 spiro atoms. The Balaban J connectivity index is 1.76. The van der Waals surface area contributed by atoms with Gasteiger partial charge in [-0.15, -0.1) is 16.4 Å². The van der Waals surface area contributed by atoms with Crippen LogP contribution >= 0.6 is 23.1 Å². The highest BCUT2D eigenvalue weighted by atomic mass is 32.2. The van der Waals surface area contributed by atoms with E-state index >= 15 is 0 Å². The molecule has 0 bridgehead atoms. The van der Waals surface area contributed by atoms with E-state index in [1.54, 1.807) is 44.2 Å². The Hall–Kier alpha value is -2.79. The molecular weight excluding hydrogens is 450 g/mol. The van der Waals surface area contributed by atoms with Gasteiger partial charge in [0.15, 0.2) is 0 Å². The van der Waals surface area contributed by atoms with E-state index in [-0.39, 0.29) is 5.95 Å². The van der Waals surface area contributed by atoms with Crippen LogP contribution in [0.15, 0.2) is 29.6 Å². The van der Waals surface area contributed by atoms with Gasteiger partial charge in [0.2, 0.25) is 10.9 Å². The number of carbonyl (C=O) groups excluding carboxylic acids is 2. The van der Waals surface area contributed by atoms with Crippen molar-refractivity contribution < 1.29 is 19.1 Å². The molecule has 2 aromatic heterocycles. The summed E-state index contributed by atoms with van der Waals surface area (Å²) in [7, 11) is 1.62. The summed E-state index contributed by atoms with van der Waals surface area (Å²) < 4.78 is 12.3. The first-order valence-electron chi connectivity index (χ1n) is 9.98. The van der Waals surface area contributed by atoms with E-state index < -0.39 is 23.6 Å². The minimum atomic E-state index is -0.767. The quantitative estimate of drug-likeness (QED) is 0.504. The average molecular weight is 478 g/mol. The van der Waals surface area contributed by atoms with E-state index in [9.17, 15) is 9.59 Å². The third-order valence-electron chi connectivity index (χ3n) is 4.30. The lowest BCUT2D eigenvalue weighted by atomic mass is 10.2. The molecule has 11 heteroatoms. The summed E-state index contributed by atoms with van der Waals surface area (Å²) in [6, 6.07) is 6.86. The molecule has 0 fully saturated rings. The standard InChI is InChI=1S/C21H27N5O4S2/c1-21(2,3)30-20(28)22-15(9-10-31-5)17(27)23-18-24-19-26(25-18)16(12-32-19)13-7-6-8-14(11-13)29-4/h6-8,11-12,15H,9-10H2,1-5H3,(H,22,28)(H,23,25,27). The summed E-state index contributed by atoms with van der Waals surface area (Å²) in [5.74, 6) is 1.21. The van der Waals surface area contributed by atoms with Crippen molar-refractivity contribution in [2.45, 2.75) is 38.8 Å². The van der Waals surface area contributed by atoms with Crippen molar-refractivity contribution in [2.24, 2.45) is 0 Å². The third kappa shape index (κ3) is 6.13. The van der Waals surface area contributed by atoms with Gasteiger partial charge in [-0.2, -0.15) is 16.7 Å². The molecule has 32 heavy (non-hydrogen) atoms. The molecule has 1 unspecified atom stereocenters. The zero-order valence-electron chi connectivity index (χ0n) is 18.7. The first-order valence-corrected chi connectivity index (χ1v) is 12.3. The van der Waals surface area contributed by atoms with Gasteiger partial charge in [0.25, 0.3) is 5.95 Å². The molecule has 2 heterocycles. The van der Waals surface area contributed by atoms with Gasteiger partial charge in [0.05, 0.1) is 12.8 Å². The van der Waals surface area contributed by atoms with E-state index in [1.807, 2.05) is 35.9 Å². The summed E-state index contributed by atoms with van der Waals surface area (Å²) in [6.45, 7) is 5.31. The van der Waals surface area contributed by atoms with Gasteiger partial charge < -0.3 is 14.8 Å². The Kier molecular flexibility index (Phi) is 7.62. The van der Waals surface area contributed by atoms with Crippen LogP contribution in [-0.2, 0) is 9.53 Å². The first-order chi connectivity index (χ1) is 15.2. The van der Waals surface area contributed by atoms with Crippen molar-refractivity contribution in [3.8, 4) is 17.0 Å². The number of aromatic nitrogens is 3. The Morgan fingerprint density at radius 2 is 2.09 bits per heavy atom. The fourth-order valence-electron chi connectivity index (χ4n) is 2.87. The number of amides is 2. The molecule has 0 aliphatic heterocycles. The van der Waals surface area contributed by atoms with Gasteiger partial charge in [0.1, 0.15) is 17.4 Å². The predicted octanol–water partition coefficient (Wildman–Crippen LogP) is 4.05. The number of thiazole rings is 1. The molecule has 1 atom stereocenters. The van der Waals surface area contributed by atoms with Gasteiger partial charge in [-0.25, -0.2) is 9.31 Å². The number of fused-ring (bicyclic) bond motifs is 1. The SMILES string of the molecule is COc1cccc(-c2csc3nc(NC(=O)C(CCSC)NC(=O)OC(C)(C)C)nn23)c1. The third-order valence-corrected chi connectivity index (χ3v) is 5.76. The van der Waals surface area contributed by atoms with Gasteiger partial charge in [-0.05, 0) is 51.3 Å². The molecule has 2 N–H and O–H groups in total. The highest BCUT2D eigenvalue weighted by Crippen LogP contribution is 2.28. The molecule has 1 aromatic carbocycles. The average Bonchev–Trinajstić information content (AvgIpc) is 3.29. The molecule has 2 amide bonds. The van der Waals surface area contributed by atoms with Crippen LogP contribution < -0.4 is 15.4 Å². The number of methoxy groups -OCH3 is 1. The van der Waals surface area contributed by atoms with Crippen molar-refractivity contribution in [3.05, 3.63) is 29.6 Å². The van der Waals surface area contributed by atoms with Crippen molar-refractivity contribution in [2.75, 3.05) is 24.4 Å². The van der Waals surface area contributed by atoms with Crippen molar-refractivity contribution in [1.82, 2.24) is 19.9 Å². The Labute approximate surface area is 194 Å². The van der Waals surface area contributed by atoms with Crippen LogP contribution in [0.2, 0.25) is 0 Å². The number of nitrogens with zero attached hydrogens (tertiary/aromatic N) is 3. The molecule has 172 valence electrons. The zero-order chi connectivity index (χ0) is 23.3. The second-order valence-electron chi connectivity index (χ2n) is 7.95. The maximum atomic E-state index is 12.9. The van der Waals surface area contributed by atoms with Crippen molar-refractivity contribution >= 4 is 46.0 Å². The number of anilines is 1. The summed E-state index contributed by atoms with van der Waals surface area (Å²) in [5.41, 5.74) is 1.10. The number of ether oxygens (including phenoxy) is 2. The largest absolute Gasteiger partial charge is 0.497 e. The minimum absolute atomic E-state index is 0.172. The number of carbonyl (C=O) groups is 2. The number of thioether (sulfide) groups is 1. The van der Waals surface area contributed by atoms with Gasteiger partial charge in [-0.3, -0.25) is 10.1 Å². The number of hydrogen-bond acceptors (Lipinski definition) is 8. The number of nitrogens with one attached hydrogen (secondary N) is 2. The van der Waals surface area contributed by atoms with Crippen LogP contribution in [0.5, 0.6) is 5.75 Å². The lowest BCUT2D eigenvalue weighted by Crippen LogP contribution is -2.46. The van der Waals surface area contributed by atoms with Crippen LogP contribution in [0.1, 0.15) is 27.2 Å². The molecular formula is C21H27N5O4S2. The Bertz CT molecular complexity index is 1090. The van der Waals surface area contributed by atoms with E-state index in [1.165, 1.54) is 11.3 Å². The Morgan fingerprint density at radius 3 is 2.78 bits per heavy atom. The molecule has 0 saturated heterocycles. The predicted molar refractivity (Wildman–Crippen MR) is 128 cm³/mol. The fourth-order valence-corrected chi connectivity index (χ4v) is 4.17. The number of benzene rings is 1. The van der Waals surface area contributed by atoms with E-state index in [0.29, 0.717) is 17.1 Å². The van der Waals surface area contributed by atoms with Gasteiger partial charge in [-0.1, -0.05) is 12.1 Å². The monoisotopic (exact) mass is 477 g/mol. The molecule has 0 aliphatic carbocycles. The lowest BCUT2D eigenvalue weighted by Gasteiger charge is -2.22. The first kappa shape index (κ1) is 23.9. The molecule has 0 radical (unpaired) electrons. The van der Waals surface area contributed by atoms with Gasteiger partial charge >= 0.3 is 6.09 Å². The molecule has 0 aliphatic rings. The smallest absolute Gasteiger partial charge is 0.408 e. The second-order valence-corrected chi connectivity index (χ2v) is 9.77. The summed E-state index contributed by atoms with van der Waals surface area (Å²) >= 11 is 3.00. The van der Waals surface area contributed by atoms with E-state index in [0.717, 1.165) is 17.0 Å². The highest BCUT2D eigenvalue weighted by Gasteiger charge is 2.25. The molecule has 3 aromatic rings. The highest BCUT2D eigenvalue weighted by molar-refractivity contribution is 7.98. The fraction of sp³-hybridized carbons (Fsp3) is 0.429. The van der Waals surface area contributed by atoms with Crippen LogP contribution in [0.4, 0.5) is 10.7 Å². The van der Waals surface area contributed by atoms with Crippen LogP contribution in [0, 0.1) is 0 Å². The normalized spacial score (nSPS) is 12.4. The van der Waals surface area contributed by atoms with Crippen LogP contribution in [0.25, 0.3) is 16.2 Å². The topological polar surface area (TPSA) is 107 Å². The zero-order valence-corrected chi connectivity index (χ0v) is 20.3. The van der Waals surface area contributed by atoms with Crippen LogP contribution in [0.3, 0.4) is 0 Å². The summed E-state index contributed by atoms with van der Waals surface area (Å²) in [6.07, 6.45) is 1.75. The van der Waals surface area contributed by atoms with Crippen molar-refractivity contribution in [3.63, 3.8) is 0 Å². The van der Waals surface area contributed by atoms with Crippen molar-refractivity contribution in [1.29, 1.82) is 0 Å². The second kappa shape index (κ2) is 10.2. The minimum Gasteiger partial charge on any atom is -0.497 e. The number of hydrogen-bond donors (Lipinski definition) is 2. The maximum Gasteiger partial charge on any atom is 0.408 e. The lowest BCUT2D eigenvalue weighted by molar-refractivity contribution is -0.118. The number of alkyl carbamates (subject to hydrolysis) is 1. The molecule has 9 nitrogen and oxygen atoms in total. The Morgan fingerprint density at radius 1 is 1.31 bits per heavy atom. The van der Waals surface area contributed by atoms with E-state index in [4.69, 9.17) is 9.47 Å². The molecule has 0 saturated carbocycles. The molecule has 3 rings (SSSR count). The maximum absolute atomic E-state index is 12.9. The van der Waals surface area contributed by atoms with Gasteiger partial charge in [0, 0.05) is 10.9 Å². The van der Waals surface area contributed by atoms with Crippen LogP contribution in [-0.4, -0.2) is 57.4 Å². The summed E-state index contributed by atoms with van der Waals surface area (Å²) in [4.78, 5) is 30.1. The number of rotatable bonds is 8. The van der Waals surface area contributed by atoms with E-state index in [2.05, 4.69) is 20.7 Å².